The van der Waals surface area contributed by atoms with E-state index in [0.717, 1.165) is 32.1 Å². The lowest BCUT2D eigenvalue weighted by Crippen LogP contribution is -2.54. The normalized spacial score (nSPS) is 47.5. The van der Waals surface area contributed by atoms with Crippen LogP contribution >= 0.6 is 0 Å². The second-order valence-electron chi connectivity index (χ2n) is 9.98. The summed E-state index contributed by atoms with van der Waals surface area (Å²) in [5.41, 5.74) is 1.78. The lowest BCUT2D eigenvalue weighted by atomic mass is 9.45. The maximum atomic E-state index is 12.0. The molecule has 4 aliphatic carbocycles. The Bertz CT molecular complexity index is 650. The Morgan fingerprint density at radius 3 is 2.69 bits per heavy atom. The van der Waals surface area contributed by atoms with Gasteiger partial charge in [-0.25, -0.2) is 0 Å². The van der Waals surface area contributed by atoms with Gasteiger partial charge in [-0.2, -0.15) is 0 Å². The molecule has 1 unspecified atom stereocenters. The van der Waals surface area contributed by atoms with Crippen LogP contribution in [0, 0.1) is 34.5 Å². The van der Waals surface area contributed by atoms with Gasteiger partial charge < -0.3 is 4.74 Å². The summed E-state index contributed by atoms with van der Waals surface area (Å²) in [6.45, 7) is 9.10. The zero-order valence-corrected chi connectivity index (χ0v) is 16.8. The first-order valence-corrected chi connectivity index (χ1v) is 10.7. The number of allylic oxidation sites excluding steroid dienone is 1. The van der Waals surface area contributed by atoms with Crippen LogP contribution < -0.4 is 0 Å². The topological polar surface area (TPSA) is 43.4 Å². The van der Waals surface area contributed by atoms with Gasteiger partial charge in [0.15, 0.2) is 5.78 Å². The van der Waals surface area contributed by atoms with Gasteiger partial charge in [-0.1, -0.05) is 33.3 Å². The molecule has 4 rings (SSSR count). The minimum absolute atomic E-state index is 0.0429. The molecule has 144 valence electrons. The average molecular weight is 359 g/mol. The largest absolute Gasteiger partial charge is 0.462 e. The van der Waals surface area contributed by atoms with E-state index < -0.39 is 0 Å². The minimum Gasteiger partial charge on any atom is -0.462 e. The Labute approximate surface area is 157 Å². The summed E-state index contributed by atoms with van der Waals surface area (Å²) in [5, 5.41) is 0. The number of hydrogen-bond donors (Lipinski definition) is 0. The highest BCUT2D eigenvalue weighted by atomic mass is 16.5. The summed E-state index contributed by atoms with van der Waals surface area (Å²) in [4.78, 5) is 23.9. The molecule has 0 amide bonds. The van der Waals surface area contributed by atoms with Gasteiger partial charge >= 0.3 is 5.97 Å². The predicted molar refractivity (Wildman–Crippen MR) is 101 cm³/mol. The van der Waals surface area contributed by atoms with E-state index in [2.05, 4.69) is 20.8 Å². The molecular formula is C23H34O3. The van der Waals surface area contributed by atoms with Crippen molar-refractivity contribution in [2.45, 2.75) is 85.2 Å². The smallest absolute Gasteiger partial charge is 0.305 e. The molecule has 0 heterocycles. The van der Waals surface area contributed by atoms with Crippen molar-refractivity contribution < 1.29 is 14.3 Å². The van der Waals surface area contributed by atoms with Crippen LogP contribution in [-0.2, 0) is 14.3 Å². The average Bonchev–Trinajstić information content (AvgIpc) is 2.93. The molecule has 0 saturated heterocycles. The van der Waals surface area contributed by atoms with E-state index in [1.165, 1.54) is 18.4 Å². The van der Waals surface area contributed by atoms with E-state index >= 15 is 0 Å². The summed E-state index contributed by atoms with van der Waals surface area (Å²) < 4.78 is 5.90. The molecule has 0 radical (unpaired) electrons. The highest BCUT2D eigenvalue weighted by Crippen LogP contribution is 2.66. The molecule has 0 N–H and O–H groups in total. The van der Waals surface area contributed by atoms with Gasteiger partial charge in [-0.3, -0.25) is 9.59 Å². The third-order valence-corrected chi connectivity index (χ3v) is 8.78. The Balaban J connectivity index is 1.64. The third kappa shape index (κ3) is 2.52. The highest BCUT2D eigenvalue weighted by Gasteiger charge is 2.61. The Morgan fingerprint density at radius 2 is 1.96 bits per heavy atom. The molecule has 3 fully saturated rings. The van der Waals surface area contributed by atoms with Crippen LogP contribution in [0.1, 0.15) is 79.1 Å². The van der Waals surface area contributed by atoms with E-state index in [1.54, 1.807) is 0 Å². The summed E-state index contributed by atoms with van der Waals surface area (Å²) >= 11 is 0. The Hall–Kier alpha value is -1.12. The van der Waals surface area contributed by atoms with Gasteiger partial charge in [-0.15, -0.1) is 0 Å². The molecule has 4 aliphatic rings. The second-order valence-corrected chi connectivity index (χ2v) is 9.98. The van der Waals surface area contributed by atoms with E-state index in [9.17, 15) is 9.59 Å². The number of ketones is 1. The van der Waals surface area contributed by atoms with E-state index in [0.29, 0.717) is 35.9 Å². The van der Waals surface area contributed by atoms with Crippen molar-refractivity contribution in [3.8, 4) is 0 Å². The summed E-state index contributed by atoms with van der Waals surface area (Å²) in [6, 6.07) is 0. The lowest BCUT2D eigenvalue weighted by Gasteiger charge is -2.59. The molecule has 0 aromatic carbocycles. The van der Waals surface area contributed by atoms with Gasteiger partial charge in [0.25, 0.3) is 0 Å². The van der Waals surface area contributed by atoms with Crippen molar-refractivity contribution in [1.82, 2.24) is 0 Å². The van der Waals surface area contributed by atoms with Crippen molar-refractivity contribution in [1.29, 1.82) is 0 Å². The molecule has 0 bridgehead atoms. The van der Waals surface area contributed by atoms with Crippen LogP contribution in [0.4, 0.5) is 0 Å². The molecular weight excluding hydrogens is 324 g/mol. The summed E-state index contributed by atoms with van der Waals surface area (Å²) in [7, 11) is 0. The third-order valence-electron chi connectivity index (χ3n) is 8.78. The summed E-state index contributed by atoms with van der Waals surface area (Å²) in [5.74, 6) is 2.95. The van der Waals surface area contributed by atoms with Crippen LogP contribution in [0.15, 0.2) is 11.6 Å². The van der Waals surface area contributed by atoms with Crippen LogP contribution in [-0.4, -0.2) is 17.9 Å². The zero-order chi connectivity index (χ0) is 18.7. The maximum absolute atomic E-state index is 12.0. The number of ether oxygens (including phenoxy) is 1. The molecule has 0 aromatic rings. The van der Waals surface area contributed by atoms with E-state index in [-0.39, 0.29) is 22.9 Å². The van der Waals surface area contributed by atoms with Crippen LogP contribution in [0.25, 0.3) is 0 Å². The number of hydrogen-bond acceptors (Lipinski definition) is 3. The molecule has 0 aromatic heterocycles. The first-order chi connectivity index (χ1) is 12.3. The van der Waals surface area contributed by atoms with Gasteiger partial charge in [0.1, 0.15) is 6.10 Å². The first-order valence-electron chi connectivity index (χ1n) is 10.7. The number of esters is 1. The molecule has 7 atom stereocenters. The van der Waals surface area contributed by atoms with Crippen LogP contribution in [0.3, 0.4) is 0 Å². The predicted octanol–water partition coefficient (Wildman–Crippen LogP) is 5.09. The van der Waals surface area contributed by atoms with Gasteiger partial charge in [0.2, 0.25) is 0 Å². The molecule has 3 heteroatoms. The zero-order valence-electron chi connectivity index (χ0n) is 16.8. The van der Waals surface area contributed by atoms with Crippen molar-refractivity contribution in [2.75, 3.05) is 0 Å². The molecule has 0 spiro atoms. The number of carbonyl (C=O) groups excluding carboxylic acids is 2. The quantitative estimate of drug-likeness (QED) is 0.646. The fourth-order valence-electron chi connectivity index (χ4n) is 7.29. The standard InChI is InChI=1S/C23H34O3/c1-5-20(25)26-19-7-6-17-21-14(2)12-15-13-16(24)8-10-22(15,3)18(21)9-11-23(17,19)4/h13-14,17-19,21H,5-12H2,1-4H3/t14-,17-,18-,19-,21?,22-,23-/m0/s1. The molecule has 0 aliphatic heterocycles. The number of carbonyl (C=O) groups is 2. The maximum Gasteiger partial charge on any atom is 0.305 e. The van der Waals surface area contributed by atoms with Crippen molar-refractivity contribution in [3.63, 3.8) is 0 Å². The second kappa shape index (κ2) is 6.21. The van der Waals surface area contributed by atoms with Crippen molar-refractivity contribution in [2.24, 2.45) is 34.5 Å². The molecule has 3 nitrogen and oxygen atoms in total. The fourth-order valence-corrected chi connectivity index (χ4v) is 7.29. The van der Waals surface area contributed by atoms with Crippen LogP contribution in [0.5, 0.6) is 0 Å². The van der Waals surface area contributed by atoms with Crippen LogP contribution in [0.2, 0.25) is 0 Å². The van der Waals surface area contributed by atoms with Crippen molar-refractivity contribution in [3.05, 3.63) is 11.6 Å². The van der Waals surface area contributed by atoms with Crippen molar-refractivity contribution >= 4 is 11.8 Å². The number of fused-ring (bicyclic) bond motifs is 5. The lowest BCUT2D eigenvalue weighted by molar-refractivity contribution is -0.160. The Morgan fingerprint density at radius 1 is 1.19 bits per heavy atom. The van der Waals surface area contributed by atoms with E-state index in [1.807, 2.05) is 13.0 Å². The van der Waals surface area contributed by atoms with E-state index in [4.69, 9.17) is 4.74 Å². The SMILES string of the molecule is CCC(=O)O[C@H]1CC[C@H]2C3[C@@H](C)CC4=CC(=O)CC[C@]4(C)[C@H]3CC[C@]12C. The van der Waals surface area contributed by atoms with Gasteiger partial charge in [0, 0.05) is 18.3 Å². The molecule has 26 heavy (non-hydrogen) atoms. The molecule has 3 saturated carbocycles. The summed E-state index contributed by atoms with van der Waals surface area (Å²) in [6.07, 6.45) is 9.98. The van der Waals surface area contributed by atoms with Gasteiger partial charge in [0.05, 0.1) is 0 Å². The highest BCUT2D eigenvalue weighted by molar-refractivity contribution is 5.91. The Kier molecular flexibility index (Phi) is 4.36. The number of rotatable bonds is 2. The monoisotopic (exact) mass is 358 g/mol. The van der Waals surface area contributed by atoms with Gasteiger partial charge in [-0.05, 0) is 73.7 Å². The fraction of sp³-hybridized carbons (Fsp3) is 0.826. The minimum atomic E-state index is -0.0429. The first kappa shape index (κ1) is 18.3.